The first-order valence-corrected chi connectivity index (χ1v) is 9.73. The zero-order valence-corrected chi connectivity index (χ0v) is 15.6. The lowest BCUT2D eigenvalue weighted by molar-refractivity contribution is -0.212. The van der Waals surface area contributed by atoms with Gasteiger partial charge < -0.3 is 24.8 Å². The lowest BCUT2D eigenvalue weighted by atomic mass is 9.79. The van der Waals surface area contributed by atoms with E-state index in [1.807, 2.05) is 19.1 Å². The van der Waals surface area contributed by atoms with Crippen LogP contribution in [0.1, 0.15) is 38.2 Å². The van der Waals surface area contributed by atoms with Gasteiger partial charge in [0.15, 0.2) is 5.79 Å². The minimum absolute atomic E-state index is 0.163. The number of urea groups is 1. The van der Waals surface area contributed by atoms with Crippen molar-refractivity contribution in [1.29, 1.82) is 0 Å². The van der Waals surface area contributed by atoms with Crippen LogP contribution in [0.4, 0.5) is 4.79 Å². The van der Waals surface area contributed by atoms with E-state index >= 15 is 0 Å². The number of carbonyl (C=O) groups is 1. The highest BCUT2D eigenvalue weighted by atomic mass is 16.7. The summed E-state index contributed by atoms with van der Waals surface area (Å²) in [6, 6.07) is 8.05. The number of benzene rings is 1. The smallest absolute Gasteiger partial charge is 0.314 e. The summed E-state index contributed by atoms with van der Waals surface area (Å²) in [5.41, 5.74) is 1.28. The van der Waals surface area contributed by atoms with Crippen LogP contribution < -0.4 is 15.4 Å². The fraction of sp³-hybridized carbons (Fsp3) is 0.650. The van der Waals surface area contributed by atoms with Gasteiger partial charge in [0.1, 0.15) is 12.4 Å². The van der Waals surface area contributed by atoms with Crippen LogP contribution in [0.15, 0.2) is 24.3 Å². The van der Waals surface area contributed by atoms with E-state index in [0.717, 1.165) is 25.0 Å². The van der Waals surface area contributed by atoms with Crippen LogP contribution >= 0.6 is 0 Å². The Morgan fingerprint density at radius 2 is 1.96 bits per heavy atom. The number of carbonyl (C=O) groups excluding carboxylic acids is 1. The Morgan fingerprint density at radius 1 is 1.19 bits per heavy atom. The molecule has 1 aliphatic heterocycles. The predicted octanol–water partition coefficient (Wildman–Crippen LogP) is 2.86. The van der Waals surface area contributed by atoms with Gasteiger partial charge in [0.25, 0.3) is 0 Å². The zero-order chi connectivity index (χ0) is 18.2. The van der Waals surface area contributed by atoms with Gasteiger partial charge in [0, 0.05) is 18.9 Å². The number of hydrogen-bond acceptors (Lipinski definition) is 4. The van der Waals surface area contributed by atoms with Crippen molar-refractivity contribution in [2.24, 2.45) is 5.92 Å². The fourth-order valence-corrected chi connectivity index (χ4v) is 3.86. The molecule has 2 aliphatic rings. The molecule has 26 heavy (non-hydrogen) atoms. The summed E-state index contributed by atoms with van der Waals surface area (Å²) in [5, 5.41) is 5.43. The average molecular weight is 362 g/mol. The molecule has 6 heteroatoms. The highest BCUT2D eigenvalue weighted by Gasteiger charge is 2.45. The van der Waals surface area contributed by atoms with Gasteiger partial charge in [-0.05, 0) is 43.9 Å². The Balaban J connectivity index is 1.46. The second-order valence-electron chi connectivity index (χ2n) is 6.93. The Morgan fingerprint density at radius 3 is 2.69 bits per heavy atom. The third kappa shape index (κ3) is 4.89. The Kier molecular flexibility index (Phi) is 6.74. The number of rotatable bonds is 7. The second kappa shape index (κ2) is 9.24. The molecule has 1 aliphatic carbocycles. The largest absolute Gasteiger partial charge is 0.492 e. The maximum atomic E-state index is 11.3. The second-order valence-corrected chi connectivity index (χ2v) is 6.93. The molecule has 6 nitrogen and oxygen atoms in total. The topological polar surface area (TPSA) is 68.8 Å². The van der Waals surface area contributed by atoms with Crippen molar-refractivity contribution in [1.82, 2.24) is 10.6 Å². The summed E-state index contributed by atoms with van der Waals surface area (Å²) < 4.78 is 17.7. The van der Waals surface area contributed by atoms with Crippen molar-refractivity contribution in [2.45, 2.75) is 44.8 Å². The van der Waals surface area contributed by atoms with Crippen LogP contribution in [0.25, 0.3) is 0 Å². The lowest BCUT2D eigenvalue weighted by Crippen LogP contribution is -2.42. The molecule has 144 valence electrons. The van der Waals surface area contributed by atoms with Gasteiger partial charge in [-0.2, -0.15) is 0 Å². The van der Waals surface area contributed by atoms with E-state index < -0.39 is 0 Å². The molecule has 2 N–H and O–H groups in total. The molecule has 1 heterocycles. The summed E-state index contributed by atoms with van der Waals surface area (Å²) in [7, 11) is 0. The maximum absolute atomic E-state index is 11.3. The van der Waals surface area contributed by atoms with Gasteiger partial charge in [0.05, 0.1) is 19.8 Å². The van der Waals surface area contributed by atoms with Crippen molar-refractivity contribution >= 4 is 6.03 Å². The van der Waals surface area contributed by atoms with Crippen molar-refractivity contribution < 1.29 is 19.0 Å². The number of hydrogen-bond donors (Lipinski definition) is 2. The van der Waals surface area contributed by atoms with E-state index in [2.05, 4.69) is 22.8 Å². The molecular formula is C20H30N2O4. The molecule has 1 atom stereocenters. The number of amides is 2. The van der Waals surface area contributed by atoms with E-state index in [4.69, 9.17) is 14.2 Å². The van der Waals surface area contributed by atoms with Crippen LogP contribution in [-0.4, -0.2) is 44.7 Å². The van der Waals surface area contributed by atoms with Gasteiger partial charge in [-0.3, -0.25) is 0 Å². The van der Waals surface area contributed by atoms with Crippen molar-refractivity contribution in [3.63, 3.8) is 0 Å². The average Bonchev–Trinajstić information content (AvgIpc) is 3.11. The monoisotopic (exact) mass is 362 g/mol. The van der Waals surface area contributed by atoms with E-state index in [9.17, 15) is 4.79 Å². The molecule has 1 saturated heterocycles. The Labute approximate surface area is 155 Å². The Hall–Kier alpha value is -1.79. The SMILES string of the molecule is CCNC(=O)NCCOc1ccc(CC2CCCCC23OCCO3)cc1. The quantitative estimate of drug-likeness (QED) is 0.732. The van der Waals surface area contributed by atoms with Gasteiger partial charge in [-0.15, -0.1) is 0 Å². The highest BCUT2D eigenvalue weighted by Crippen LogP contribution is 2.42. The Bertz CT molecular complexity index is 570. The van der Waals surface area contributed by atoms with Crippen LogP contribution in [0.5, 0.6) is 5.75 Å². The third-order valence-electron chi connectivity index (χ3n) is 5.13. The molecule has 1 unspecified atom stereocenters. The maximum Gasteiger partial charge on any atom is 0.314 e. The molecule has 0 bridgehead atoms. The van der Waals surface area contributed by atoms with E-state index in [-0.39, 0.29) is 11.8 Å². The highest BCUT2D eigenvalue weighted by molar-refractivity contribution is 5.73. The van der Waals surface area contributed by atoms with Crippen LogP contribution in [0.2, 0.25) is 0 Å². The molecule has 1 aromatic carbocycles. The summed E-state index contributed by atoms with van der Waals surface area (Å²) in [5.74, 6) is 0.892. The first-order chi connectivity index (χ1) is 12.7. The van der Waals surface area contributed by atoms with Crippen molar-refractivity contribution in [3.05, 3.63) is 29.8 Å². The summed E-state index contributed by atoms with van der Waals surface area (Å²) in [6.07, 6.45) is 5.58. The first-order valence-electron chi connectivity index (χ1n) is 9.73. The van der Waals surface area contributed by atoms with Crippen LogP contribution in [-0.2, 0) is 15.9 Å². The fourth-order valence-electron chi connectivity index (χ4n) is 3.86. The third-order valence-corrected chi connectivity index (χ3v) is 5.13. The number of nitrogens with one attached hydrogen (secondary N) is 2. The minimum atomic E-state index is -0.349. The molecule has 2 amide bonds. The summed E-state index contributed by atoms with van der Waals surface area (Å²) in [6.45, 7) is 4.86. The van der Waals surface area contributed by atoms with Crippen LogP contribution in [0, 0.1) is 5.92 Å². The standard InChI is InChI=1S/C20H30N2O4/c1-2-21-19(23)22-11-12-24-18-8-6-16(7-9-18)15-17-5-3-4-10-20(17)25-13-14-26-20/h6-9,17H,2-5,10-15H2,1H3,(H2,21,22,23). The van der Waals surface area contributed by atoms with E-state index in [0.29, 0.717) is 38.8 Å². The zero-order valence-electron chi connectivity index (χ0n) is 15.6. The molecular weight excluding hydrogens is 332 g/mol. The normalized spacial score (nSPS) is 21.5. The number of ether oxygens (including phenoxy) is 3. The van der Waals surface area contributed by atoms with Crippen molar-refractivity contribution in [2.75, 3.05) is 32.9 Å². The molecule has 0 radical (unpaired) electrons. The lowest BCUT2D eigenvalue weighted by Gasteiger charge is -2.39. The summed E-state index contributed by atoms with van der Waals surface area (Å²) in [4.78, 5) is 11.3. The molecule has 1 aromatic rings. The predicted molar refractivity (Wildman–Crippen MR) is 99.3 cm³/mol. The van der Waals surface area contributed by atoms with Gasteiger partial charge in [-0.25, -0.2) is 4.79 Å². The van der Waals surface area contributed by atoms with Gasteiger partial charge in [-0.1, -0.05) is 18.6 Å². The molecule has 1 spiro atoms. The van der Waals surface area contributed by atoms with Crippen LogP contribution in [0.3, 0.4) is 0 Å². The first kappa shape index (κ1) is 19.0. The van der Waals surface area contributed by atoms with Crippen molar-refractivity contribution in [3.8, 4) is 5.75 Å². The van der Waals surface area contributed by atoms with Gasteiger partial charge in [0.2, 0.25) is 0 Å². The van der Waals surface area contributed by atoms with Gasteiger partial charge >= 0.3 is 6.03 Å². The van der Waals surface area contributed by atoms with E-state index in [1.54, 1.807) is 0 Å². The van der Waals surface area contributed by atoms with E-state index in [1.165, 1.54) is 18.4 Å². The molecule has 3 rings (SSSR count). The minimum Gasteiger partial charge on any atom is -0.492 e. The molecule has 1 saturated carbocycles. The molecule has 0 aromatic heterocycles. The molecule has 2 fully saturated rings. The summed E-state index contributed by atoms with van der Waals surface area (Å²) >= 11 is 0.